The molecule has 0 aliphatic rings. The Morgan fingerprint density at radius 1 is 1.16 bits per heavy atom. The number of thioether (sulfide) groups is 1. The molecule has 6 heteroatoms. The predicted octanol–water partition coefficient (Wildman–Crippen LogP) is 5.24. The Bertz CT molecular complexity index is 845. The Labute approximate surface area is 154 Å². The Morgan fingerprint density at radius 2 is 1.88 bits per heavy atom. The molecule has 128 valence electrons. The van der Waals surface area contributed by atoms with Crippen LogP contribution in [0.25, 0.3) is 11.3 Å². The van der Waals surface area contributed by atoms with Crippen molar-refractivity contribution >= 4 is 34.7 Å². The smallest absolute Gasteiger partial charge is 0.234 e. The van der Waals surface area contributed by atoms with E-state index in [0.717, 1.165) is 27.7 Å². The summed E-state index contributed by atoms with van der Waals surface area (Å²) in [7, 11) is 0. The van der Waals surface area contributed by atoms with E-state index in [-0.39, 0.29) is 11.7 Å². The van der Waals surface area contributed by atoms with Gasteiger partial charge in [0.05, 0.1) is 11.4 Å². The number of halogens is 1. The van der Waals surface area contributed by atoms with Crippen LogP contribution in [0.1, 0.15) is 12.5 Å². The summed E-state index contributed by atoms with van der Waals surface area (Å²) in [5.41, 5.74) is 3.70. The first-order valence-corrected chi connectivity index (χ1v) is 9.73. The number of nitrogens with zero attached hydrogens (tertiary/aromatic N) is 1. The predicted molar refractivity (Wildman–Crippen MR) is 103 cm³/mol. The van der Waals surface area contributed by atoms with Crippen LogP contribution in [0.3, 0.4) is 0 Å². The molecular formula is C19H17FN2OS2. The van der Waals surface area contributed by atoms with Gasteiger partial charge in [0.15, 0.2) is 4.34 Å². The number of aromatic nitrogens is 1. The topological polar surface area (TPSA) is 42.0 Å². The molecule has 0 fully saturated rings. The minimum atomic E-state index is -0.266. The minimum Gasteiger partial charge on any atom is -0.325 e. The van der Waals surface area contributed by atoms with Gasteiger partial charge in [-0.05, 0) is 48.4 Å². The fourth-order valence-electron chi connectivity index (χ4n) is 2.22. The summed E-state index contributed by atoms with van der Waals surface area (Å²) in [6, 6.07) is 14.1. The number of carbonyl (C=O) groups excluding carboxylic acids is 1. The fraction of sp³-hybridized carbons (Fsp3) is 0.158. The summed E-state index contributed by atoms with van der Waals surface area (Å²) in [6.45, 7) is 2.10. The number of rotatable bonds is 6. The third-order valence-electron chi connectivity index (χ3n) is 3.60. The highest BCUT2D eigenvalue weighted by Crippen LogP contribution is 2.28. The lowest BCUT2D eigenvalue weighted by Crippen LogP contribution is -2.13. The lowest BCUT2D eigenvalue weighted by atomic mass is 10.1. The van der Waals surface area contributed by atoms with Gasteiger partial charge in [-0.1, -0.05) is 30.8 Å². The largest absolute Gasteiger partial charge is 0.325 e. The molecule has 3 rings (SSSR count). The number of thiazole rings is 1. The van der Waals surface area contributed by atoms with Crippen molar-refractivity contribution in [3.05, 3.63) is 65.3 Å². The number of amides is 1. The molecule has 3 nitrogen and oxygen atoms in total. The van der Waals surface area contributed by atoms with Crippen LogP contribution in [0.5, 0.6) is 0 Å². The molecule has 0 unspecified atom stereocenters. The molecule has 0 saturated heterocycles. The van der Waals surface area contributed by atoms with Gasteiger partial charge in [0, 0.05) is 16.6 Å². The van der Waals surface area contributed by atoms with Gasteiger partial charge in [0.2, 0.25) is 5.91 Å². The van der Waals surface area contributed by atoms with Crippen molar-refractivity contribution < 1.29 is 9.18 Å². The number of aryl methyl sites for hydroxylation is 1. The fourth-order valence-corrected chi connectivity index (χ4v) is 3.86. The first kappa shape index (κ1) is 17.6. The molecule has 0 spiro atoms. The van der Waals surface area contributed by atoms with Crippen LogP contribution in [0, 0.1) is 5.82 Å². The van der Waals surface area contributed by atoms with Crippen molar-refractivity contribution in [1.29, 1.82) is 0 Å². The van der Waals surface area contributed by atoms with E-state index in [9.17, 15) is 9.18 Å². The average molecular weight is 372 g/mol. The molecule has 0 saturated carbocycles. The SMILES string of the molecule is CCc1ccc(NC(=O)CSc2nc(-c3ccc(F)cc3)cs2)cc1. The number of hydrogen-bond acceptors (Lipinski definition) is 4. The zero-order valence-electron chi connectivity index (χ0n) is 13.7. The molecule has 0 bridgehead atoms. The summed E-state index contributed by atoms with van der Waals surface area (Å²) < 4.78 is 13.8. The van der Waals surface area contributed by atoms with E-state index in [1.54, 1.807) is 12.1 Å². The zero-order valence-corrected chi connectivity index (χ0v) is 15.3. The molecule has 0 radical (unpaired) electrons. The Morgan fingerprint density at radius 3 is 2.56 bits per heavy atom. The van der Waals surface area contributed by atoms with Crippen LogP contribution >= 0.6 is 23.1 Å². The number of nitrogens with one attached hydrogen (secondary N) is 1. The molecule has 1 amide bonds. The third-order valence-corrected chi connectivity index (χ3v) is 5.62. The normalized spacial score (nSPS) is 10.6. The van der Waals surface area contributed by atoms with Crippen molar-refractivity contribution in [2.75, 3.05) is 11.1 Å². The van der Waals surface area contributed by atoms with E-state index in [2.05, 4.69) is 17.2 Å². The first-order chi connectivity index (χ1) is 12.1. The van der Waals surface area contributed by atoms with Crippen LogP contribution in [-0.2, 0) is 11.2 Å². The van der Waals surface area contributed by atoms with E-state index >= 15 is 0 Å². The summed E-state index contributed by atoms with van der Waals surface area (Å²) in [6.07, 6.45) is 0.977. The molecule has 1 N–H and O–H groups in total. The van der Waals surface area contributed by atoms with Gasteiger partial charge >= 0.3 is 0 Å². The van der Waals surface area contributed by atoms with Crippen molar-refractivity contribution in [2.45, 2.75) is 17.7 Å². The number of carbonyl (C=O) groups is 1. The standard InChI is InChI=1S/C19H17FN2OS2/c1-2-13-3-9-16(10-4-13)21-18(23)12-25-19-22-17(11-24-19)14-5-7-15(20)8-6-14/h3-11H,2,12H2,1H3,(H,21,23). The molecule has 0 atom stereocenters. The zero-order chi connectivity index (χ0) is 17.6. The summed E-state index contributed by atoms with van der Waals surface area (Å²) in [4.78, 5) is 16.5. The highest BCUT2D eigenvalue weighted by atomic mass is 32.2. The maximum absolute atomic E-state index is 13.0. The van der Waals surface area contributed by atoms with Gasteiger partial charge in [0.25, 0.3) is 0 Å². The molecule has 0 aliphatic heterocycles. The second-order valence-corrected chi connectivity index (χ2v) is 7.47. The summed E-state index contributed by atoms with van der Waals surface area (Å²) in [5.74, 6) is -0.0312. The minimum absolute atomic E-state index is 0.0622. The molecular weight excluding hydrogens is 355 g/mol. The van der Waals surface area contributed by atoms with Crippen LogP contribution in [0.2, 0.25) is 0 Å². The summed E-state index contributed by atoms with van der Waals surface area (Å²) in [5, 5.41) is 4.80. The van der Waals surface area contributed by atoms with Gasteiger partial charge in [-0.2, -0.15) is 0 Å². The maximum Gasteiger partial charge on any atom is 0.234 e. The van der Waals surface area contributed by atoms with Gasteiger partial charge in [0.1, 0.15) is 5.82 Å². The highest BCUT2D eigenvalue weighted by molar-refractivity contribution is 8.01. The number of anilines is 1. The van der Waals surface area contributed by atoms with Gasteiger partial charge in [-0.25, -0.2) is 9.37 Å². The molecule has 0 aliphatic carbocycles. The monoisotopic (exact) mass is 372 g/mol. The van der Waals surface area contributed by atoms with Crippen LogP contribution in [-0.4, -0.2) is 16.6 Å². The lowest BCUT2D eigenvalue weighted by molar-refractivity contribution is -0.113. The summed E-state index contributed by atoms with van der Waals surface area (Å²) >= 11 is 2.88. The van der Waals surface area contributed by atoms with Crippen molar-refractivity contribution in [1.82, 2.24) is 4.98 Å². The maximum atomic E-state index is 13.0. The molecule has 25 heavy (non-hydrogen) atoms. The molecule has 1 aromatic heterocycles. The van der Waals surface area contributed by atoms with Crippen molar-refractivity contribution in [3.63, 3.8) is 0 Å². The highest BCUT2D eigenvalue weighted by Gasteiger charge is 2.08. The Hall–Kier alpha value is -2.18. The second kappa shape index (κ2) is 8.27. The molecule has 2 aromatic carbocycles. The Balaban J connectivity index is 1.54. The quantitative estimate of drug-likeness (QED) is 0.602. The average Bonchev–Trinajstić information content (AvgIpc) is 3.10. The molecule has 1 heterocycles. The van der Waals surface area contributed by atoms with Gasteiger partial charge < -0.3 is 5.32 Å². The Kier molecular flexibility index (Phi) is 5.83. The van der Waals surface area contributed by atoms with Crippen molar-refractivity contribution in [3.8, 4) is 11.3 Å². The number of hydrogen-bond donors (Lipinski definition) is 1. The van der Waals surface area contributed by atoms with Crippen LogP contribution in [0.15, 0.2) is 58.3 Å². The van der Waals surface area contributed by atoms with E-state index in [4.69, 9.17) is 0 Å². The van der Waals surface area contributed by atoms with E-state index < -0.39 is 0 Å². The second-order valence-electron chi connectivity index (χ2n) is 5.39. The van der Waals surface area contributed by atoms with Gasteiger partial charge in [-0.15, -0.1) is 11.3 Å². The van der Waals surface area contributed by atoms with E-state index in [1.165, 1.54) is 40.8 Å². The van der Waals surface area contributed by atoms with Crippen LogP contribution < -0.4 is 5.32 Å². The van der Waals surface area contributed by atoms with Crippen LogP contribution in [0.4, 0.5) is 10.1 Å². The van der Waals surface area contributed by atoms with E-state index in [0.29, 0.717) is 5.75 Å². The third kappa shape index (κ3) is 4.90. The first-order valence-electron chi connectivity index (χ1n) is 7.87. The van der Waals surface area contributed by atoms with Crippen molar-refractivity contribution in [2.24, 2.45) is 0 Å². The van der Waals surface area contributed by atoms with Gasteiger partial charge in [-0.3, -0.25) is 4.79 Å². The number of benzene rings is 2. The molecule has 3 aromatic rings. The van der Waals surface area contributed by atoms with E-state index in [1.807, 2.05) is 29.6 Å². The lowest BCUT2D eigenvalue weighted by Gasteiger charge is -2.05.